The van der Waals surface area contributed by atoms with Crippen molar-refractivity contribution in [1.29, 1.82) is 0 Å². The van der Waals surface area contributed by atoms with Crippen LogP contribution in [0.25, 0.3) is 0 Å². The monoisotopic (exact) mass is 289 g/mol. The molecule has 4 heteroatoms. The molecule has 1 unspecified atom stereocenters. The third-order valence-electron chi connectivity index (χ3n) is 4.38. The lowest BCUT2D eigenvalue weighted by Crippen LogP contribution is -2.50. The maximum atomic E-state index is 12.9. The average molecular weight is 289 g/mol. The Kier molecular flexibility index (Phi) is 4.27. The highest BCUT2D eigenvalue weighted by Gasteiger charge is 2.36. The summed E-state index contributed by atoms with van der Waals surface area (Å²) in [7, 11) is 0. The summed E-state index contributed by atoms with van der Waals surface area (Å²) in [5, 5.41) is 0. The molecule has 1 amide bonds. The van der Waals surface area contributed by atoms with Gasteiger partial charge in [-0.05, 0) is 44.7 Å². The van der Waals surface area contributed by atoms with Crippen molar-refractivity contribution in [3.05, 3.63) is 34.9 Å². The lowest BCUT2D eigenvalue weighted by molar-refractivity contribution is -0.100. The first kappa shape index (κ1) is 14.5. The number of amides is 1. The summed E-state index contributed by atoms with van der Waals surface area (Å²) < 4.78 is 11.3. The van der Waals surface area contributed by atoms with Crippen LogP contribution >= 0.6 is 0 Å². The second-order valence-electron chi connectivity index (χ2n) is 5.99. The van der Waals surface area contributed by atoms with Crippen LogP contribution in [0, 0.1) is 13.8 Å². The zero-order valence-electron chi connectivity index (χ0n) is 12.8. The number of rotatable bonds is 2. The van der Waals surface area contributed by atoms with Crippen molar-refractivity contribution >= 4 is 5.91 Å². The predicted octanol–water partition coefficient (Wildman–Crippen LogP) is 2.67. The molecule has 0 radical (unpaired) electrons. The van der Waals surface area contributed by atoms with Gasteiger partial charge in [0.25, 0.3) is 5.91 Å². The van der Waals surface area contributed by atoms with Gasteiger partial charge in [0.05, 0.1) is 19.3 Å². The number of hydrogen-bond acceptors (Lipinski definition) is 3. The normalized spacial score (nSPS) is 23.5. The second kappa shape index (κ2) is 6.16. The average Bonchev–Trinajstić information content (AvgIpc) is 3.01. The van der Waals surface area contributed by atoms with Crippen LogP contribution in [-0.2, 0) is 9.47 Å². The summed E-state index contributed by atoms with van der Waals surface area (Å²) in [5.74, 6) is 0.108. The quantitative estimate of drug-likeness (QED) is 0.840. The van der Waals surface area contributed by atoms with Crippen molar-refractivity contribution in [1.82, 2.24) is 4.90 Å². The molecule has 21 heavy (non-hydrogen) atoms. The number of benzene rings is 1. The van der Waals surface area contributed by atoms with E-state index in [1.165, 1.54) is 5.56 Å². The highest BCUT2D eigenvalue weighted by atomic mass is 16.7. The van der Waals surface area contributed by atoms with E-state index in [-0.39, 0.29) is 18.2 Å². The van der Waals surface area contributed by atoms with Gasteiger partial charge in [0.1, 0.15) is 0 Å². The molecule has 1 atom stereocenters. The lowest BCUT2D eigenvalue weighted by Gasteiger charge is -2.38. The highest BCUT2D eigenvalue weighted by molar-refractivity contribution is 5.96. The maximum Gasteiger partial charge on any atom is 0.254 e. The molecule has 1 aromatic carbocycles. The Morgan fingerprint density at radius 3 is 2.67 bits per heavy atom. The van der Waals surface area contributed by atoms with Gasteiger partial charge in [-0.1, -0.05) is 17.7 Å². The smallest absolute Gasteiger partial charge is 0.254 e. The van der Waals surface area contributed by atoms with E-state index in [2.05, 4.69) is 6.07 Å². The fourth-order valence-corrected chi connectivity index (χ4v) is 3.30. The number of carbonyl (C=O) groups is 1. The van der Waals surface area contributed by atoms with Gasteiger partial charge in [0.15, 0.2) is 6.29 Å². The van der Waals surface area contributed by atoms with E-state index in [1.54, 1.807) is 0 Å². The van der Waals surface area contributed by atoms with Gasteiger partial charge in [-0.25, -0.2) is 0 Å². The Bertz CT molecular complexity index is 523. The van der Waals surface area contributed by atoms with E-state index in [9.17, 15) is 4.79 Å². The molecule has 4 nitrogen and oxygen atoms in total. The van der Waals surface area contributed by atoms with Gasteiger partial charge in [0.2, 0.25) is 0 Å². The summed E-state index contributed by atoms with van der Waals surface area (Å²) in [6.45, 7) is 6.10. The molecule has 0 spiro atoms. The number of hydrogen-bond donors (Lipinski definition) is 0. The van der Waals surface area contributed by atoms with Crippen molar-refractivity contribution in [3.63, 3.8) is 0 Å². The highest BCUT2D eigenvalue weighted by Crippen LogP contribution is 2.26. The molecule has 0 aromatic heterocycles. The van der Waals surface area contributed by atoms with Crippen molar-refractivity contribution in [3.8, 4) is 0 Å². The van der Waals surface area contributed by atoms with Gasteiger partial charge in [-0.2, -0.15) is 0 Å². The van der Waals surface area contributed by atoms with Crippen molar-refractivity contribution in [2.45, 2.75) is 45.4 Å². The molecular formula is C17H23NO3. The first-order valence-corrected chi connectivity index (χ1v) is 7.78. The van der Waals surface area contributed by atoms with Crippen LogP contribution in [0.5, 0.6) is 0 Å². The van der Waals surface area contributed by atoms with Crippen LogP contribution in [0.15, 0.2) is 18.2 Å². The van der Waals surface area contributed by atoms with Crippen molar-refractivity contribution in [2.75, 3.05) is 19.8 Å². The van der Waals surface area contributed by atoms with E-state index in [1.807, 2.05) is 30.9 Å². The third kappa shape index (κ3) is 2.97. The molecule has 2 heterocycles. The third-order valence-corrected chi connectivity index (χ3v) is 4.38. The largest absolute Gasteiger partial charge is 0.348 e. The Balaban J connectivity index is 1.83. The Hall–Kier alpha value is -1.39. The molecule has 0 N–H and O–H groups in total. The number of carbonyl (C=O) groups excluding carboxylic acids is 1. The van der Waals surface area contributed by atoms with Gasteiger partial charge in [0, 0.05) is 12.1 Å². The predicted molar refractivity (Wildman–Crippen MR) is 80.3 cm³/mol. The molecule has 2 aliphatic rings. The summed E-state index contributed by atoms with van der Waals surface area (Å²) >= 11 is 0. The number of nitrogens with zero attached hydrogens (tertiary/aromatic N) is 1. The van der Waals surface area contributed by atoms with Crippen LogP contribution < -0.4 is 0 Å². The summed E-state index contributed by atoms with van der Waals surface area (Å²) in [4.78, 5) is 14.9. The fourth-order valence-electron chi connectivity index (χ4n) is 3.30. The fraction of sp³-hybridized carbons (Fsp3) is 0.588. The zero-order valence-corrected chi connectivity index (χ0v) is 12.8. The van der Waals surface area contributed by atoms with Crippen LogP contribution in [0.3, 0.4) is 0 Å². The molecule has 1 aromatic rings. The standard InChI is InChI=1S/C17H23NO3/c1-12-6-7-14(13(2)11-12)16(19)18-8-4-3-5-15(18)17-20-9-10-21-17/h6-7,11,15,17H,3-5,8-10H2,1-2H3. The van der Waals surface area contributed by atoms with Crippen molar-refractivity contribution in [2.24, 2.45) is 0 Å². The van der Waals surface area contributed by atoms with Crippen LogP contribution in [0.2, 0.25) is 0 Å². The summed E-state index contributed by atoms with van der Waals surface area (Å²) in [6.07, 6.45) is 2.89. The molecule has 0 aliphatic carbocycles. The minimum absolute atomic E-state index is 0.0504. The van der Waals surface area contributed by atoms with E-state index in [4.69, 9.17) is 9.47 Å². The molecular weight excluding hydrogens is 266 g/mol. The minimum atomic E-state index is -0.250. The molecule has 2 fully saturated rings. The summed E-state index contributed by atoms with van der Waals surface area (Å²) in [6, 6.07) is 6.06. The van der Waals surface area contributed by atoms with Crippen LogP contribution in [0.4, 0.5) is 0 Å². The number of likely N-dealkylation sites (tertiary alicyclic amines) is 1. The molecule has 2 saturated heterocycles. The SMILES string of the molecule is Cc1ccc(C(=O)N2CCCCC2C2OCCO2)c(C)c1. The zero-order chi connectivity index (χ0) is 14.8. The maximum absolute atomic E-state index is 12.9. The Morgan fingerprint density at radius 2 is 1.95 bits per heavy atom. The first-order valence-electron chi connectivity index (χ1n) is 7.78. The molecule has 2 aliphatic heterocycles. The van der Waals surface area contributed by atoms with Gasteiger partial charge in [-0.15, -0.1) is 0 Å². The second-order valence-corrected chi connectivity index (χ2v) is 5.99. The number of piperidine rings is 1. The van der Waals surface area contributed by atoms with Gasteiger partial charge in [-0.3, -0.25) is 4.79 Å². The summed E-state index contributed by atoms with van der Waals surface area (Å²) in [5.41, 5.74) is 3.02. The van der Waals surface area contributed by atoms with Crippen LogP contribution in [0.1, 0.15) is 40.7 Å². The van der Waals surface area contributed by atoms with E-state index < -0.39 is 0 Å². The van der Waals surface area contributed by atoms with Gasteiger partial charge >= 0.3 is 0 Å². The first-order chi connectivity index (χ1) is 10.2. The minimum Gasteiger partial charge on any atom is -0.348 e. The molecule has 0 bridgehead atoms. The van der Waals surface area contributed by atoms with E-state index in [0.717, 1.165) is 36.9 Å². The lowest BCUT2D eigenvalue weighted by atomic mass is 9.98. The van der Waals surface area contributed by atoms with E-state index >= 15 is 0 Å². The Morgan fingerprint density at radius 1 is 1.19 bits per heavy atom. The molecule has 114 valence electrons. The topological polar surface area (TPSA) is 38.8 Å². The molecule has 0 saturated carbocycles. The number of ether oxygens (including phenoxy) is 2. The van der Waals surface area contributed by atoms with E-state index in [0.29, 0.717) is 13.2 Å². The molecule has 3 rings (SSSR count). The number of aryl methyl sites for hydroxylation is 2. The Labute approximate surface area is 126 Å². The van der Waals surface area contributed by atoms with Gasteiger partial charge < -0.3 is 14.4 Å². The van der Waals surface area contributed by atoms with Crippen molar-refractivity contribution < 1.29 is 14.3 Å². The van der Waals surface area contributed by atoms with Crippen LogP contribution in [-0.4, -0.2) is 42.9 Å².